The Bertz CT molecular complexity index is 324. The molecule has 0 spiro atoms. The second-order valence-corrected chi connectivity index (χ2v) is 7.13. The number of carbonyl (C=O) groups excluding carboxylic acids is 1. The molecule has 2 saturated heterocycles. The number of nitrogens with zero attached hydrogens (tertiary/aromatic N) is 3. The summed E-state index contributed by atoms with van der Waals surface area (Å²) in [5, 5.41) is 0. The van der Waals surface area contributed by atoms with E-state index in [1.54, 1.807) is 4.90 Å². The Morgan fingerprint density at radius 1 is 1.10 bits per heavy atom. The first kappa shape index (κ1) is 16.8. The van der Waals surface area contributed by atoms with Crippen LogP contribution in [0.5, 0.6) is 0 Å². The van der Waals surface area contributed by atoms with Crippen LogP contribution >= 0.6 is 0 Å². The minimum absolute atomic E-state index is 0.0342. The molecule has 2 aliphatic heterocycles. The van der Waals surface area contributed by atoms with Gasteiger partial charge in [0.25, 0.3) is 0 Å². The van der Waals surface area contributed by atoms with Gasteiger partial charge in [-0.25, -0.2) is 0 Å². The number of hydrogen-bond donors (Lipinski definition) is 0. The van der Waals surface area contributed by atoms with Crippen LogP contribution in [0.1, 0.15) is 45.4 Å². The Morgan fingerprint density at radius 3 is 2.38 bits per heavy atom. The van der Waals surface area contributed by atoms with Crippen LogP contribution < -0.4 is 0 Å². The summed E-state index contributed by atoms with van der Waals surface area (Å²) < 4.78 is 0. The van der Waals surface area contributed by atoms with Gasteiger partial charge in [-0.15, -0.1) is 0 Å². The first-order valence-corrected chi connectivity index (χ1v) is 8.75. The molecule has 4 nitrogen and oxygen atoms in total. The zero-order chi connectivity index (χ0) is 15.2. The van der Waals surface area contributed by atoms with Gasteiger partial charge in [-0.1, -0.05) is 12.8 Å². The van der Waals surface area contributed by atoms with E-state index in [4.69, 9.17) is 0 Å². The average Bonchev–Trinajstić information content (AvgIpc) is 2.74. The van der Waals surface area contributed by atoms with Crippen LogP contribution in [0.25, 0.3) is 0 Å². The maximum absolute atomic E-state index is 12.2. The smallest absolute Gasteiger partial charge is 0.239 e. The second kappa shape index (κ2) is 8.14. The predicted molar refractivity (Wildman–Crippen MR) is 87.4 cm³/mol. The number of likely N-dealkylation sites (N-methyl/N-ethyl adjacent to an activating group) is 1. The fourth-order valence-corrected chi connectivity index (χ4v) is 3.81. The van der Waals surface area contributed by atoms with Gasteiger partial charge in [0.2, 0.25) is 5.91 Å². The molecule has 0 aliphatic carbocycles. The molecule has 0 aromatic heterocycles. The molecule has 0 saturated carbocycles. The minimum atomic E-state index is 0.0342. The first-order chi connectivity index (χ1) is 10.1. The third kappa shape index (κ3) is 4.96. The topological polar surface area (TPSA) is 26.8 Å². The van der Waals surface area contributed by atoms with E-state index in [9.17, 15) is 4.79 Å². The van der Waals surface area contributed by atoms with Crippen molar-refractivity contribution in [2.75, 3.05) is 46.8 Å². The van der Waals surface area contributed by atoms with Crippen molar-refractivity contribution in [1.29, 1.82) is 0 Å². The summed E-state index contributed by atoms with van der Waals surface area (Å²) >= 11 is 0. The van der Waals surface area contributed by atoms with Crippen molar-refractivity contribution < 1.29 is 4.79 Å². The van der Waals surface area contributed by atoms with Gasteiger partial charge in [-0.05, 0) is 58.2 Å². The number of amides is 1. The van der Waals surface area contributed by atoms with Crippen molar-refractivity contribution in [3.8, 4) is 0 Å². The third-order valence-electron chi connectivity index (χ3n) is 5.11. The highest BCUT2D eigenvalue weighted by atomic mass is 16.2. The number of piperidine rings is 1. The van der Waals surface area contributed by atoms with Gasteiger partial charge in [-0.2, -0.15) is 0 Å². The van der Waals surface area contributed by atoms with E-state index in [0.29, 0.717) is 0 Å². The van der Waals surface area contributed by atoms with Crippen LogP contribution in [0.15, 0.2) is 0 Å². The predicted octanol–water partition coefficient (Wildman–Crippen LogP) is 2.05. The van der Waals surface area contributed by atoms with Crippen molar-refractivity contribution in [3.63, 3.8) is 0 Å². The van der Waals surface area contributed by atoms with Crippen molar-refractivity contribution in [2.24, 2.45) is 5.92 Å². The molecule has 2 fully saturated rings. The van der Waals surface area contributed by atoms with Gasteiger partial charge in [0.15, 0.2) is 0 Å². The quantitative estimate of drug-likeness (QED) is 0.794. The summed E-state index contributed by atoms with van der Waals surface area (Å²) in [6.45, 7) is 8.04. The normalized spacial score (nSPS) is 27.1. The highest BCUT2D eigenvalue weighted by Gasteiger charge is 2.29. The van der Waals surface area contributed by atoms with Crippen LogP contribution in [0.4, 0.5) is 0 Å². The SMILES string of the molecule is CC(C(=O)N(C)C)N1CCCC(CN2CCCCCC2)C1. The van der Waals surface area contributed by atoms with Crippen molar-refractivity contribution >= 4 is 5.91 Å². The Balaban J connectivity index is 1.83. The Hall–Kier alpha value is -0.610. The lowest BCUT2D eigenvalue weighted by molar-refractivity contribution is -0.134. The van der Waals surface area contributed by atoms with Crippen molar-refractivity contribution in [2.45, 2.75) is 51.5 Å². The molecule has 2 atom stereocenters. The van der Waals surface area contributed by atoms with Gasteiger partial charge in [0.1, 0.15) is 0 Å². The standard InChI is InChI=1S/C17H33N3O/c1-15(17(21)18(2)3)20-12-8-9-16(14-20)13-19-10-6-4-5-7-11-19/h15-16H,4-14H2,1-3H3. The fourth-order valence-electron chi connectivity index (χ4n) is 3.81. The molecule has 1 amide bonds. The number of hydrogen-bond acceptors (Lipinski definition) is 3. The molecule has 122 valence electrons. The summed E-state index contributed by atoms with van der Waals surface area (Å²) in [5.74, 6) is 0.986. The van der Waals surface area contributed by atoms with Gasteiger partial charge in [0, 0.05) is 27.2 Å². The van der Waals surface area contributed by atoms with Crippen LogP contribution in [0.3, 0.4) is 0 Å². The van der Waals surface area contributed by atoms with E-state index in [1.807, 2.05) is 14.1 Å². The van der Waals surface area contributed by atoms with E-state index in [-0.39, 0.29) is 11.9 Å². The molecular weight excluding hydrogens is 262 g/mol. The molecule has 0 N–H and O–H groups in total. The maximum Gasteiger partial charge on any atom is 0.239 e. The zero-order valence-electron chi connectivity index (χ0n) is 14.2. The van der Waals surface area contributed by atoms with Gasteiger partial charge in [-0.3, -0.25) is 9.69 Å². The van der Waals surface area contributed by atoms with Crippen LogP contribution in [0.2, 0.25) is 0 Å². The van der Waals surface area contributed by atoms with E-state index in [2.05, 4.69) is 16.7 Å². The Labute approximate surface area is 130 Å². The molecule has 2 unspecified atom stereocenters. The van der Waals surface area contributed by atoms with Gasteiger partial charge >= 0.3 is 0 Å². The summed E-state index contributed by atoms with van der Waals surface area (Å²) in [7, 11) is 3.72. The number of likely N-dealkylation sites (tertiary alicyclic amines) is 2. The van der Waals surface area contributed by atoms with E-state index in [1.165, 1.54) is 58.2 Å². The summed E-state index contributed by atoms with van der Waals surface area (Å²) in [5.41, 5.74) is 0. The molecular formula is C17H33N3O. The average molecular weight is 295 g/mol. The van der Waals surface area contributed by atoms with Crippen LogP contribution in [-0.4, -0.2) is 73.5 Å². The van der Waals surface area contributed by atoms with Gasteiger partial charge < -0.3 is 9.80 Å². The lowest BCUT2D eigenvalue weighted by Gasteiger charge is -2.38. The van der Waals surface area contributed by atoms with Crippen molar-refractivity contribution in [3.05, 3.63) is 0 Å². The molecule has 0 aromatic rings. The van der Waals surface area contributed by atoms with Crippen LogP contribution in [-0.2, 0) is 4.79 Å². The molecule has 0 bridgehead atoms. The molecule has 21 heavy (non-hydrogen) atoms. The van der Waals surface area contributed by atoms with E-state index in [0.717, 1.165) is 19.0 Å². The molecule has 2 heterocycles. The second-order valence-electron chi connectivity index (χ2n) is 7.13. The maximum atomic E-state index is 12.2. The highest BCUT2D eigenvalue weighted by molar-refractivity contribution is 5.80. The van der Waals surface area contributed by atoms with E-state index >= 15 is 0 Å². The third-order valence-corrected chi connectivity index (χ3v) is 5.11. The summed E-state index contributed by atoms with van der Waals surface area (Å²) in [6, 6.07) is 0.0342. The molecule has 0 aromatic carbocycles. The highest BCUT2D eigenvalue weighted by Crippen LogP contribution is 2.21. The minimum Gasteiger partial charge on any atom is -0.347 e. The van der Waals surface area contributed by atoms with Crippen LogP contribution in [0, 0.1) is 5.92 Å². The first-order valence-electron chi connectivity index (χ1n) is 8.75. The number of rotatable bonds is 4. The zero-order valence-corrected chi connectivity index (χ0v) is 14.2. The molecule has 0 radical (unpaired) electrons. The Kier molecular flexibility index (Phi) is 6.49. The lowest BCUT2D eigenvalue weighted by atomic mass is 9.96. The molecule has 2 aliphatic rings. The van der Waals surface area contributed by atoms with Gasteiger partial charge in [0.05, 0.1) is 6.04 Å². The fraction of sp³-hybridized carbons (Fsp3) is 0.941. The number of carbonyl (C=O) groups is 1. The molecule has 2 rings (SSSR count). The molecule has 4 heteroatoms. The summed E-state index contributed by atoms with van der Waals surface area (Å²) in [4.78, 5) is 18.9. The largest absolute Gasteiger partial charge is 0.347 e. The Morgan fingerprint density at radius 2 is 1.76 bits per heavy atom. The van der Waals surface area contributed by atoms with Crippen molar-refractivity contribution in [1.82, 2.24) is 14.7 Å². The monoisotopic (exact) mass is 295 g/mol. The summed E-state index contributed by atoms with van der Waals surface area (Å²) in [6.07, 6.45) is 8.11. The van der Waals surface area contributed by atoms with E-state index < -0.39 is 0 Å². The lowest BCUT2D eigenvalue weighted by Crippen LogP contribution is -2.50.